The average molecular weight is 374 g/mol. The molecular formula is C18H18N2O5S. The van der Waals surface area contributed by atoms with Crippen molar-refractivity contribution in [1.29, 1.82) is 0 Å². The van der Waals surface area contributed by atoms with Crippen LogP contribution in [0.1, 0.15) is 29.3 Å². The maximum atomic E-state index is 12.7. The summed E-state index contributed by atoms with van der Waals surface area (Å²) in [5.41, 5.74) is 1.67. The topological polar surface area (TPSA) is 102 Å². The molecule has 0 unspecified atom stereocenters. The van der Waals surface area contributed by atoms with Gasteiger partial charge in [0.15, 0.2) is 0 Å². The molecule has 0 fully saturated rings. The molecule has 0 aliphatic carbocycles. The minimum Gasteiger partial charge on any atom is -0.462 e. The van der Waals surface area contributed by atoms with E-state index in [2.05, 4.69) is 10.0 Å². The molecular weight excluding hydrogens is 356 g/mol. The first-order valence-corrected chi connectivity index (χ1v) is 9.61. The Morgan fingerprint density at radius 3 is 2.73 bits per heavy atom. The number of sulfonamides is 1. The van der Waals surface area contributed by atoms with E-state index in [1.165, 1.54) is 24.3 Å². The quantitative estimate of drug-likeness (QED) is 0.783. The van der Waals surface area contributed by atoms with Crippen LogP contribution in [0.3, 0.4) is 0 Å². The van der Waals surface area contributed by atoms with Gasteiger partial charge in [-0.25, -0.2) is 13.2 Å². The second-order valence-corrected chi connectivity index (χ2v) is 7.42. The Labute approximate surface area is 151 Å². The molecule has 0 aromatic heterocycles. The number of carbonyl (C=O) groups excluding carboxylic acids is 2. The number of para-hydroxylation sites is 1. The monoisotopic (exact) mass is 374 g/mol. The van der Waals surface area contributed by atoms with E-state index in [0.717, 1.165) is 5.56 Å². The van der Waals surface area contributed by atoms with Crippen molar-refractivity contribution >= 4 is 33.3 Å². The Balaban J connectivity index is 1.91. The van der Waals surface area contributed by atoms with Crippen molar-refractivity contribution in [2.75, 3.05) is 16.6 Å². The number of carbonyl (C=O) groups is 2. The zero-order chi connectivity index (χ0) is 18.7. The number of esters is 1. The molecule has 0 saturated carbocycles. The lowest BCUT2D eigenvalue weighted by molar-refractivity contribution is -0.116. The summed E-state index contributed by atoms with van der Waals surface area (Å²) >= 11 is 0. The molecule has 0 bridgehead atoms. The van der Waals surface area contributed by atoms with Gasteiger partial charge < -0.3 is 10.1 Å². The molecule has 0 spiro atoms. The highest BCUT2D eigenvalue weighted by atomic mass is 32.2. The maximum absolute atomic E-state index is 12.7. The van der Waals surface area contributed by atoms with Gasteiger partial charge in [-0.1, -0.05) is 12.1 Å². The molecule has 8 heteroatoms. The molecule has 7 nitrogen and oxygen atoms in total. The number of anilines is 2. The van der Waals surface area contributed by atoms with Crippen LogP contribution in [-0.4, -0.2) is 26.9 Å². The maximum Gasteiger partial charge on any atom is 0.340 e. The number of ether oxygens (including phenoxy) is 1. The number of hydrogen-bond acceptors (Lipinski definition) is 5. The normalized spacial score (nSPS) is 13.5. The van der Waals surface area contributed by atoms with Crippen molar-refractivity contribution < 1.29 is 22.7 Å². The van der Waals surface area contributed by atoms with Crippen LogP contribution < -0.4 is 10.0 Å². The number of amides is 1. The number of rotatable bonds is 5. The smallest absolute Gasteiger partial charge is 0.340 e. The van der Waals surface area contributed by atoms with Gasteiger partial charge in [-0.05, 0) is 49.2 Å². The summed E-state index contributed by atoms with van der Waals surface area (Å²) in [6.45, 7) is 1.87. The van der Waals surface area contributed by atoms with Crippen molar-refractivity contribution in [3.05, 3.63) is 53.6 Å². The minimum absolute atomic E-state index is 0.0612. The Kier molecular flexibility index (Phi) is 4.94. The second kappa shape index (κ2) is 7.17. The van der Waals surface area contributed by atoms with Gasteiger partial charge in [-0.3, -0.25) is 9.52 Å². The molecule has 2 aromatic rings. The van der Waals surface area contributed by atoms with Crippen LogP contribution in [0.4, 0.5) is 11.4 Å². The molecule has 0 atom stereocenters. The van der Waals surface area contributed by atoms with E-state index in [9.17, 15) is 18.0 Å². The van der Waals surface area contributed by atoms with Gasteiger partial charge in [0.25, 0.3) is 10.0 Å². The zero-order valence-electron chi connectivity index (χ0n) is 14.1. The van der Waals surface area contributed by atoms with Crippen LogP contribution >= 0.6 is 0 Å². The van der Waals surface area contributed by atoms with Gasteiger partial charge in [0, 0.05) is 12.1 Å². The van der Waals surface area contributed by atoms with Crippen molar-refractivity contribution in [2.24, 2.45) is 0 Å². The standard InChI is InChI=1S/C18H18N2O5S/c1-2-25-18(22)14-5-3-4-6-16(14)20-26(23,24)13-8-9-15-12(11-13)7-10-17(21)19-15/h3-6,8-9,11,20H,2,7,10H2,1H3,(H,19,21). The first-order chi connectivity index (χ1) is 12.4. The molecule has 26 heavy (non-hydrogen) atoms. The number of hydrogen-bond donors (Lipinski definition) is 2. The molecule has 1 aliphatic rings. The van der Waals surface area contributed by atoms with Crippen LogP contribution in [-0.2, 0) is 26.0 Å². The molecule has 2 aromatic carbocycles. The number of benzene rings is 2. The Bertz CT molecular complexity index is 969. The van der Waals surface area contributed by atoms with Crippen LogP contribution in [0, 0.1) is 0 Å². The highest BCUT2D eigenvalue weighted by Crippen LogP contribution is 2.27. The number of nitrogens with one attached hydrogen (secondary N) is 2. The lowest BCUT2D eigenvalue weighted by atomic mass is 10.0. The Morgan fingerprint density at radius 2 is 1.96 bits per heavy atom. The largest absolute Gasteiger partial charge is 0.462 e. The summed E-state index contributed by atoms with van der Waals surface area (Å²) in [5, 5.41) is 2.71. The van der Waals surface area contributed by atoms with Gasteiger partial charge in [-0.15, -0.1) is 0 Å². The minimum atomic E-state index is -3.90. The summed E-state index contributed by atoms with van der Waals surface area (Å²) in [4.78, 5) is 23.5. The molecule has 1 amide bonds. The first-order valence-electron chi connectivity index (χ1n) is 8.12. The van der Waals surface area contributed by atoms with Gasteiger partial charge >= 0.3 is 5.97 Å². The van der Waals surface area contributed by atoms with E-state index in [1.54, 1.807) is 25.1 Å². The van der Waals surface area contributed by atoms with Crippen molar-refractivity contribution in [3.8, 4) is 0 Å². The van der Waals surface area contributed by atoms with Crippen LogP contribution in [0.25, 0.3) is 0 Å². The molecule has 3 rings (SSSR count). The van der Waals surface area contributed by atoms with Gasteiger partial charge in [-0.2, -0.15) is 0 Å². The number of fused-ring (bicyclic) bond motifs is 1. The van der Waals surface area contributed by atoms with E-state index >= 15 is 0 Å². The number of aryl methyl sites for hydroxylation is 1. The van der Waals surface area contributed by atoms with E-state index in [1.807, 2.05) is 0 Å². The molecule has 0 radical (unpaired) electrons. The van der Waals surface area contributed by atoms with E-state index in [0.29, 0.717) is 18.5 Å². The summed E-state index contributed by atoms with van der Waals surface area (Å²) in [7, 11) is -3.90. The Hall–Kier alpha value is -2.87. The zero-order valence-corrected chi connectivity index (χ0v) is 14.9. The fourth-order valence-corrected chi connectivity index (χ4v) is 3.82. The van der Waals surface area contributed by atoms with Crippen molar-refractivity contribution in [1.82, 2.24) is 0 Å². The van der Waals surface area contributed by atoms with Gasteiger partial charge in [0.1, 0.15) is 0 Å². The molecule has 1 aliphatic heterocycles. The predicted molar refractivity (Wildman–Crippen MR) is 96.6 cm³/mol. The third-order valence-electron chi connectivity index (χ3n) is 3.95. The highest BCUT2D eigenvalue weighted by molar-refractivity contribution is 7.92. The third kappa shape index (κ3) is 3.70. The first kappa shape index (κ1) is 17.9. The van der Waals surface area contributed by atoms with Crippen LogP contribution in [0.5, 0.6) is 0 Å². The lowest BCUT2D eigenvalue weighted by Crippen LogP contribution is -2.20. The third-order valence-corrected chi connectivity index (χ3v) is 5.31. The van der Waals surface area contributed by atoms with Gasteiger partial charge in [0.2, 0.25) is 5.91 Å². The molecule has 2 N–H and O–H groups in total. The molecule has 1 heterocycles. The summed E-state index contributed by atoms with van der Waals surface area (Å²) in [6, 6.07) is 10.8. The second-order valence-electron chi connectivity index (χ2n) is 5.74. The van der Waals surface area contributed by atoms with Crippen LogP contribution in [0.2, 0.25) is 0 Å². The summed E-state index contributed by atoms with van der Waals surface area (Å²) in [5.74, 6) is -0.687. The fourth-order valence-electron chi connectivity index (χ4n) is 2.69. The van der Waals surface area contributed by atoms with E-state index < -0.39 is 16.0 Å². The van der Waals surface area contributed by atoms with Crippen molar-refractivity contribution in [2.45, 2.75) is 24.7 Å². The fraction of sp³-hybridized carbons (Fsp3) is 0.222. The van der Waals surface area contributed by atoms with E-state index in [4.69, 9.17) is 4.74 Å². The summed E-state index contributed by atoms with van der Waals surface area (Å²) in [6.07, 6.45) is 0.791. The molecule has 136 valence electrons. The van der Waals surface area contributed by atoms with Crippen LogP contribution in [0.15, 0.2) is 47.4 Å². The summed E-state index contributed by atoms with van der Waals surface area (Å²) < 4.78 is 32.9. The molecule has 0 saturated heterocycles. The van der Waals surface area contributed by atoms with Gasteiger partial charge in [0.05, 0.1) is 22.8 Å². The highest BCUT2D eigenvalue weighted by Gasteiger charge is 2.22. The van der Waals surface area contributed by atoms with Crippen molar-refractivity contribution in [3.63, 3.8) is 0 Å². The average Bonchev–Trinajstić information content (AvgIpc) is 2.61. The van der Waals surface area contributed by atoms with E-state index in [-0.39, 0.29) is 28.7 Å². The SMILES string of the molecule is CCOC(=O)c1ccccc1NS(=O)(=O)c1ccc2c(c1)CCC(=O)N2. The lowest BCUT2D eigenvalue weighted by Gasteiger charge is -2.18. The predicted octanol–water partition coefficient (Wildman–Crippen LogP) is 2.55. The Morgan fingerprint density at radius 1 is 1.19 bits per heavy atom.